The van der Waals surface area contributed by atoms with Gasteiger partial charge in [0.1, 0.15) is 11.6 Å². The van der Waals surface area contributed by atoms with Crippen molar-refractivity contribution in [1.29, 1.82) is 0 Å². The Hall–Kier alpha value is -2.04. The van der Waals surface area contributed by atoms with Gasteiger partial charge in [0.05, 0.1) is 11.3 Å². The molecule has 0 bridgehead atoms. The van der Waals surface area contributed by atoms with Crippen LogP contribution in [-0.4, -0.2) is 15.6 Å². The number of nitrogens with zero attached hydrogens (tertiary/aromatic N) is 2. The highest BCUT2D eigenvalue weighted by atomic mass is 19.1. The van der Waals surface area contributed by atoms with Gasteiger partial charge in [0, 0.05) is 25.7 Å². The number of carbonyl (C=O) groups is 1. The van der Waals surface area contributed by atoms with Gasteiger partial charge in [0.2, 0.25) is 0 Å². The summed E-state index contributed by atoms with van der Waals surface area (Å²) in [7, 11) is 1.71. The van der Waals surface area contributed by atoms with E-state index in [1.807, 2.05) is 0 Å². The zero-order chi connectivity index (χ0) is 13.3. The van der Waals surface area contributed by atoms with Crippen molar-refractivity contribution in [2.45, 2.75) is 13.3 Å². The van der Waals surface area contributed by atoms with Crippen LogP contribution in [0, 0.1) is 18.6 Å². The van der Waals surface area contributed by atoms with E-state index >= 15 is 0 Å². The van der Waals surface area contributed by atoms with Gasteiger partial charge in [-0.15, -0.1) is 0 Å². The van der Waals surface area contributed by atoms with Crippen LogP contribution in [0.4, 0.5) is 8.78 Å². The number of rotatable bonds is 3. The molecule has 1 aromatic heterocycles. The Morgan fingerprint density at radius 1 is 1.28 bits per heavy atom. The molecule has 0 aliphatic heterocycles. The maximum absolute atomic E-state index is 13.0. The zero-order valence-corrected chi connectivity index (χ0v) is 10.1. The molecule has 2 rings (SSSR count). The van der Waals surface area contributed by atoms with Crippen LogP contribution < -0.4 is 0 Å². The lowest BCUT2D eigenvalue weighted by molar-refractivity contribution is 0.0992. The molecular weight excluding hydrogens is 238 g/mol. The van der Waals surface area contributed by atoms with E-state index in [0.29, 0.717) is 16.8 Å². The first-order chi connectivity index (χ1) is 8.45. The third kappa shape index (κ3) is 2.61. The Morgan fingerprint density at radius 2 is 1.89 bits per heavy atom. The molecule has 0 aliphatic carbocycles. The predicted octanol–water partition coefficient (Wildman–Crippen LogP) is 2.43. The Balaban J connectivity index is 2.23. The van der Waals surface area contributed by atoms with Crippen molar-refractivity contribution in [3.8, 4) is 0 Å². The molecular formula is C13H12F2N2O. The molecule has 0 aliphatic rings. The fourth-order valence-corrected chi connectivity index (χ4v) is 1.87. The number of Topliss-reactive ketones (excluding diaryl/α,β-unsaturated/α-hetero) is 1. The number of aromatic nitrogens is 2. The smallest absolute Gasteiger partial charge is 0.170 e. The number of carbonyl (C=O) groups excluding carboxylic acids is 1. The van der Waals surface area contributed by atoms with Gasteiger partial charge in [-0.25, -0.2) is 8.78 Å². The summed E-state index contributed by atoms with van der Waals surface area (Å²) in [6.45, 7) is 1.72. The van der Waals surface area contributed by atoms with Gasteiger partial charge in [0.15, 0.2) is 5.78 Å². The van der Waals surface area contributed by atoms with Crippen LogP contribution in [0.15, 0.2) is 24.4 Å². The van der Waals surface area contributed by atoms with E-state index in [2.05, 4.69) is 5.10 Å². The summed E-state index contributed by atoms with van der Waals surface area (Å²) in [5, 5.41) is 4.06. The highest BCUT2D eigenvalue weighted by molar-refractivity contribution is 5.98. The van der Waals surface area contributed by atoms with Gasteiger partial charge in [-0.1, -0.05) is 0 Å². The molecule has 5 heteroatoms. The molecule has 1 aromatic carbocycles. The number of benzene rings is 1. The molecule has 2 aromatic rings. The fraction of sp³-hybridized carbons (Fsp3) is 0.231. The molecule has 0 unspecified atom stereocenters. The molecule has 18 heavy (non-hydrogen) atoms. The summed E-state index contributed by atoms with van der Waals surface area (Å²) in [5.74, 6) is -1.56. The van der Waals surface area contributed by atoms with Crippen LogP contribution in [0.3, 0.4) is 0 Å². The third-order valence-corrected chi connectivity index (χ3v) is 2.60. The highest BCUT2D eigenvalue weighted by Gasteiger charge is 2.14. The van der Waals surface area contributed by atoms with Crippen LogP contribution in [0.5, 0.6) is 0 Å². The summed E-state index contributed by atoms with van der Waals surface area (Å²) in [6, 6.07) is 3.10. The molecule has 0 radical (unpaired) electrons. The van der Waals surface area contributed by atoms with Crippen LogP contribution in [0.1, 0.15) is 21.6 Å². The maximum atomic E-state index is 13.0. The number of hydrogen-bond donors (Lipinski definition) is 0. The average molecular weight is 250 g/mol. The molecule has 0 atom stereocenters. The average Bonchev–Trinajstić information content (AvgIpc) is 2.56. The van der Waals surface area contributed by atoms with E-state index in [4.69, 9.17) is 0 Å². The number of hydrogen-bond acceptors (Lipinski definition) is 2. The Labute approximate surface area is 103 Å². The SMILES string of the molecule is Cc1nn(C)cc1C(=O)Cc1cc(F)cc(F)c1. The molecule has 94 valence electrons. The fourth-order valence-electron chi connectivity index (χ4n) is 1.87. The van der Waals surface area contributed by atoms with Crippen LogP contribution in [0.2, 0.25) is 0 Å². The summed E-state index contributed by atoms with van der Waals surface area (Å²) in [4.78, 5) is 12.0. The first-order valence-electron chi connectivity index (χ1n) is 5.44. The van der Waals surface area contributed by atoms with Gasteiger partial charge in [0.25, 0.3) is 0 Å². The number of aryl methyl sites for hydroxylation is 2. The monoisotopic (exact) mass is 250 g/mol. The van der Waals surface area contributed by atoms with Crippen molar-refractivity contribution >= 4 is 5.78 Å². The Kier molecular flexibility index (Phi) is 3.23. The van der Waals surface area contributed by atoms with E-state index in [9.17, 15) is 13.6 Å². The second-order valence-electron chi connectivity index (χ2n) is 4.18. The van der Waals surface area contributed by atoms with Crippen molar-refractivity contribution < 1.29 is 13.6 Å². The Morgan fingerprint density at radius 3 is 2.39 bits per heavy atom. The van der Waals surface area contributed by atoms with E-state index in [0.717, 1.165) is 18.2 Å². The van der Waals surface area contributed by atoms with Gasteiger partial charge in [-0.2, -0.15) is 5.10 Å². The van der Waals surface area contributed by atoms with Crippen LogP contribution in [-0.2, 0) is 13.5 Å². The van der Waals surface area contributed by atoms with Crippen LogP contribution in [0.25, 0.3) is 0 Å². The van der Waals surface area contributed by atoms with Gasteiger partial charge >= 0.3 is 0 Å². The topological polar surface area (TPSA) is 34.9 Å². The Bertz CT molecular complexity index is 585. The molecule has 0 saturated carbocycles. The van der Waals surface area contributed by atoms with Crippen molar-refractivity contribution in [3.63, 3.8) is 0 Å². The third-order valence-electron chi connectivity index (χ3n) is 2.60. The molecule has 3 nitrogen and oxygen atoms in total. The van der Waals surface area contributed by atoms with Crippen molar-refractivity contribution in [2.24, 2.45) is 7.05 Å². The summed E-state index contributed by atoms with van der Waals surface area (Å²) in [6.07, 6.45) is 1.56. The van der Waals surface area contributed by atoms with E-state index in [1.54, 1.807) is 20.2 Å². The minimum atomic E-state index is -0.680. The predicted molar refractivity (Wildman–Crippen MR) is 62.3 cm³/mol. The largest absolute Gasteiger partial charge is 0.294 e. The van der Waals surface area contributed by atoms with E-state index in [1.165, 1.54) is 4.68 Å². The highest BCUT2D eigenvalue weighted by Crippen LogP contribution is 2.13. The molecule has 1 heterocycles. The molecule has 0 N–H and O–H groups in total. The molecule has 0 fully saturated rings. The summed E-state index contributed by atoms with van der Waals surface area (Å²) >= 11 is 0. The minimum Gasteiger partial charge on any atom is -0.294 e. The second-order valence-corrected chi connectivity index (χ2v) is 4.18. The van der Waals surface area contributed by atoms with Crippen molar-refractivity contribution in [1.82, 2.24) is 9.78 Å². The quantitative estimate of drug-likeness (QED) is 0.784. The molecule has 0 spiro atoms. The first-order valence-corrected chi connectivity index (χ1v) is 5.44. The first kappa shape index (κ1) is 12.4. The van der Waals surface area contributed by atoms with Gasteiger partial charge in [-0.05, 0) is 24.6 Å². The van der Waals surface area contributed by atoms with E-state index < -0.39 is 11.6 Å². The molecule has 0 amide bonds. The van der Waals surface area contributed by atoms with Crippen molar-refractivity contribution in [2.75, 3.05) is 0 Å². The second kappa shape index (κ2) is 4.68. The minimum absolute atomic E-state index is 0.0405. The molecule has 0 saturated heterocycles. The van der Waals surface area contributed by atoms with Crippen LogP contribution >= 0.6 is 0 Å². The maximum Gasteiger partial charge on any atom is 0.170 e. The summed E-state index contributed by atoms with van der Waals surface area (Å²) in [5.41, 5.74) is 1.40. The lowest BCUT2D eigenvalue weighted by Gasteiger charge is -2.01. The lowest BCUT2D eigenvalue weighted by atomic mass is 10.0. The number of ketones is 1. The number of halogens is 2. The summed E-state index contributed by atoms with van der Waals surface area (Å²) < 4.78 is 27.5. The van der Waals surface area contributed by atoms with Gasteiger partial charge in [-0.3, -0.25) is 9.48 Å². The standard InChI is InChI=1S/C13H12F2N2O/c1-8-12(7-17(2)16-8)13(18)5-9-3-10(14)6-11(15)4-9/h3-4,6-7H,5H2,1-2H3. The zero-order valence-electron chi connectivity index (χ0n) is 10.1. The van der Waals surface area contributed by atoms with Gasteiger partial charge < -0.3 is 0 Å². The van der Waals surface area contributed by atoms with E-state index in [-0.39, 0.29) is 12.2 Å². The normalized spacial score (nSPS) is 10.7. The lowest BCUT2D eigenvalue weighted by Crippen LogP contribution is -2.05. The van der Waals surface area contributed by atoms with Crippen molar-refractivity contribution in [3.05, 3.63) is 52.9 Å².